The minimum absolute atomic E-state index is 0.0723. The van der Waals surface area contributed by atoms with Gasteiger partial charge in [-0.2, -0.15) is 5.10 Å². The van der Waals surface area contributed by atoms with Gasteiger partial charge in [0.05, 0.1) is 36.5 Å². The van der Waals surface area contributed by atoms with Gasteiger partial charge >= 0.3 is 5.97 Å². The Morgan fingerprint density at radius 3 is 2.62 bits per heavy atom. The summed E-state index contributed by atoms with van der Waals surface area (Å²) in [6, 6.07) is 6.02. The van der Waals surface area contributed by atoms with Crippen LogP contribution >= 0.6 is 11.3 Å². The standard InChI is InChI=1S/C20H21FN4O3S/c1-4-28-19(27)9-15-11-29-20(22-15)23-18(26)10-17-12(2)24-25(13(17)3)16-7-5-14(21)6-8-16/h5-8,11H,4,9-10H2,1-3H3,(H,22,23,26). The first-order valence-electron chi connectivity index (χ1n) is 9.08. The van der Waals surface area contributed by atoms with Gasteiger partial charge in [0, 0.05) is 16.6 Å². The molecular weight excluding hydrogens is 395 g/mol. The van der Waals surface area contributed by atoms with Crippen molar-refractivity contribution in [1.82, 2.24) is 14.8 Å². The summed E-state index contributed by atoms with van der Waals surface area (Å²) in [4.78, 5) is 28.3. The van der Waals surface area contributed by atoms with Gasteiger partial charge in [-0.15, -0.1) is 11.3 Å². The minimum Gasteiger partial charge on any atom is -0.466 e. The molecule has 0 aliphatic carbocycles. The van der Waals surface area contributed by atoms with Crippen LogP contribution in [0.4, 0.5) is 9.52 Å². The summed E-state index contributed by atoms with van der Waals surface area (Å²) in [6.07, 6.45) is 0.203. The Hall–Kier alpha value is -3.07. The number of carbonyl (C=O) groups is 2. The predicted octanol–water partition coefficient (Wildman–Crippen LogP) is 3.37. The Labute approximate surface area is 171 Å². The summed E-state index contributed by atoms with van der Waals surface area (Å²) in [5.41, 5.74) is 3.62. The highest BCUT2D eigenvalue weighted by atomic mass is 32.1. The third kappa shape index (κ3) is 5.05. The van der Waals surface area contributed by atoms with Crippen molar-refractivity contribution in [3.05, 3.63) is 58.1 Å². The fourth-order valence-corrected chi connectivity index (χ4v) is 3.62. The van der Waals surface area contributed by atoms with E-state index in [1.807, 2.05) is 13.8 Å². The molecule has 7 nitrogen and oxygen atoms in total. The van der Waals surface area contributed by atoms with E-state index in [1.165, 1.54) is 23.5 Å². The molecule has 0 spiro atoms. The number of rotatable bonds is 7. The summed E-state index contributed by atoms with van der Waals surface area (Å²) in [5, 5.41) is 9.38. The fraction of sp³-hybridized carbons (Fsp3) is 0.300. The van der Waals surface area contributed by atoms with Crippen LogP contribution in [0.15, 0.2) is 29.6 Å². The van der Waals surface area contributed by atoms with Crippen LogP contribution in [-0.2, 0) is 27.2 Å². The largest absolute Gasteiger partial charge is 0.466 e. The topological polar surface area (TPSA) is 86.1 Å². The van der Waals surface area contributed by atoms with Crippen LogP contribution in [0.2, 0.25) is 0 Å². The van der Waals surface area contributed by atoms with E-state index in [0.717, 1.165) is 22.6 Å². The van der Waals surface area contributed by atoms with Crippen molar-refractivity contribution in [2.75, 3.05) is 11.9 Å². The molecular formula is C20H21FN4O3S. The van der Waals surface area contributed by atoms with Gasteiger partial charge in [-0.3, -0.25) is 9.59 Å². The van der Waals surface area contributed by atoms with Crippen molar-refractivity contribution in [2.45, 2.75) is 33.6 Å². The first-order valence-corrected chi connectivity index (χ1v) is 9.96. The SMILES string of the molecule is CCOC(=O)Cc1csc(NC(=O)Cc2c(C)nn(-c3ccc(F)cc3)c2C)n1. The van der Waals surface area contributed by atoms with Crippen molar-refractivity contribution < 1.29 is 18.7 Å². The second-order valence-electron chi connectivity index (χ2n) is 6.39. The monoisotopic (exact) mass is 416 g/mol. The van der Waals surface area contributed by atoms with Gasteiger partial charge in [0.1, 0.15) is 5.82 Å². The normalized spacial score (nSPS) is 10.8. The van der Waals surface area contributed by atoms with Gasteiger partial charge in [0.25, 0.3) is 0 Å². The predicted molar refractivity (Wildman–Crippen MR) is 108 cm³/mol. The van der Waals surface area contributed by atoms with Crippen LogP contribution < -0.4 is 5.32 Å². The highest BCUT2D eigenvalue weighted by Crippen LogP contribution is 2.21. The number of thiazole rings is 1. The molecule has 3 rings (SSSR count). The summed E-state index contributed by atoms with van der Waals surface area (Å²) < 4.78 is 19.8. The molecule has 29 heavy (non-hydrogen) atoms. The minimum atomic E-state index is -0.352. The van der Waals surface area contributed by atoms with Gasteiger partial charge < -0.3 is 10.1 Å². The first-order chi connectivity index (χ1) is 13.9. The van der Waals surface area contributed by atoms with E-state index < -0.39 is 0 Å². The number of anilines is 1. The van der Waals surface area contributed by atoms with E-state index >= 15 is 0 Å². The number of hydrogen-bond donors (Lipinski definition) is 1. The van der Waals surface area contributed by atoms with E-state index in [-0.39, 0.29) is 30.5 Å². The lowest BCUT2D eigenvalue weighted by Crippen LogP contribution is -2.15. The first kappa shape index (κ1) is 20.7. The fourth-order valence-electron chi connectivity index (χ4n) is 2.89. The van der Waals surface area contributed by atoms with E-state index in [0.29, 0.717) is 17.4 Å². The van der Waals surface area contributed by atoms with Crippen LogP contribution in [-0.4, -0.2) is 33.2 Å². The molecule has 1 amide bonds. The highest BCUT2D eigenvalue weighted by Gasteiger charge is 2.17. The zero-order chi connectivity index (χ0) is 21.0. The molecule has 0 radical (unpaired) electrons. The molecule has 0 fully saturated rings. The smallest absolute Gasteiger partial charge is 0.311 e. The van der Waals surface area contributed by atoms with Crippen LogP contribution in [0.1, 0.15) is 29.6 Å². The molecule has 0 saturated carbocycles. The Bertz CT molecular complexity index is 1030. The van der Waals surface area contributed by atoms with Crippen molar-refractivity contribution in [1.29, 1.82) is 0 Å². The molecule has 9 heteroatoms. The lowest BCUT2D eigenvalue weighted by Gasteiger charge is -2.06. The summed E-state index contributed by atoms with van der Waals surface area (Å²) in [7, 11) is 0. The zero-order valence-corrected chi connectivity index (χ0v) is 17.2. The highest BCUT2D eigenvalue weighted by molar-refractivity contribution is 7.13. The van der Waals surface area contributed by atoms with Crippen molar-refractivity contribution in [2.24, 2.45) is 0 Å². The number of carbonyl (C=O) groups excluding carboxylic acids is 2. The Balaban J connectivity index is 1.68. The van der Waals surface area contributed by atoms with Crippen LogP contribution in [0.3, 0.4) is 0 Å². The van der Waals surface area contributed by atoms with Crippen molar-refractivity contribution >= 4 is 28.3 Å². The van der Waals surface area contributed by atoms with E-state index in [1.54, 1.807) is 29.1 Å². The third-order valence-electron chi connectivity index (χ3n) is 4.28. The van der Waals surface area contributed by atoms with Crippen molar-refractivity contribution in [3.63, 3.8) is 0 Å². The average Bonchev–Trinajstić information content (AvgIpc) is 3.21. The summed E-state index contributed by atoms with van der Waals surface area (Å²) in [5.74, 6) is -0.900. The molecule has 0 aliphatic heterocycles. The van der Waals surface area contributed by atoms with Crippen molar-refractivity contribution in [3.8, 4) is 5.69 Å². The molecule has 0 bridgehead atoms. The zero-order valence-electron chi connectivity index (χ0n) is 16.4. The molecule has 2 heterocycles. The molecule has 2 aromatic heterocycles. The number of amides is 1. The number of hydrogen-bond acceptors (Lipinski definition) is 6. The van der Waals surface area contributed by atoms with E-state index in [2.05, 4.69) is 15.4 Å². The molecule has 0 saturated heterocycles. The van der Waals surface area contributed by atoms with Gasteiger partial charge in [-0.1, -0.05) is 0 Å². The lowest BCUT2D eigenvalue weighted by molar-refractivity contribution is -0.142. The molecule has 1 N–H and O–H groups in total. The van der Waals surface area contributed by atoms with Gasteiger partial charge in [-0.05, 0) is 45.0 Å². The molecule has 152 valence electrons. The Kier molecular flexibility index (Phi) is 6.38. The maximum Gasteiger partial charge on any atom is 0.311 e. The Morgan fingerprint density at radius 2 is 1.93 bits per heavy atom. The quantitative estimate of drug-likeness (QED) is 0.597. The second-order valence-corrected chi connectivity index (χ2v) is 7.25. The lowest BCUT2D eigenvalue weighted by atomic mass is 10.1. The number of esters is 1. The van der Waals surface area contributed by atoms with E-state index in [9.17, 15) is 14.0 Å². The van der Waals surface area contributed by atoms with Crippen LogP contribution in [0, 0.1) is 19.7 Å². The number of ether oxygens (including phenoxy) is 1. The molecule has 3 aromatic rings. The molecule has 0 aliphatic rings. The number of nitrogens with one attached hydrogen (secondary N) is 1. The third-order valence-corrected chi connectivity index (χ3v) is 5.09. The molecule has 0 unspecified atom stereocenters. The number of benzene rings is 1. The summed E-state index contributed by atoms with van der Waals surface area (Å²) in [6.45, 7) is 5.76. The van der Waals surface area contributed by atoms with Gasteiger partial charge in [-0.25, -0.2) is 14.1 Å². The Morgan fingerprint density at radius 1 is 1.21 bits per heavy atom. The second kappa shape index (κ2) is 8.95. The maximum atomic E-state index is 13.2. The number of nitrogens with zero attached hydrogens (tertiary/aromatic N) is 3. The van der Waals surface area contributed by atoms with Crippen LogP contribution in [0.5, 0.6) is 0 Å². The average molecular weight is 416 g/mol. The van der Waals surface area contributed by atoms with Gasteiger partial charge in [0.2, 0.25) is 5.91 Å². The molecule has 0 atom stereocenters. The molecule has 1 aromatic carbocycles. The number of aromatic nitrogens is 3. The maximum absolute atomic E-state index is 13.2. The van der Waals surface area contributed by atoms with Gasteiger partial charge in [0.15, 0.2) is 5.13 Å². The number of halogens is 1. The summed E-state index contributed by atoms with van der Waals surface area (Å²) >= 11 is 1.25. The number of aryl methyl sites for hydroxylation is 1. The van der Waals surface area contributed by atoms with Crippen LogP contribution in [0.25, 0.3) is 5.69 Å². The van der Waals surface area contributed by atoms with E-state index in [4.69, 9.17) is 4.74 Å².